The number of rotatable bonds is 5. The van der Waals surface area contributed by atoms with Gasteiger partial charge in [0.15, 0.2) is 0 Å². The highest BCUT2D eigenvalue weighted by atomic mass is 35.5. The molecule has 2 N–H and O–H groups in total. The van der Waals surface area contributed by atoms with Gasteiger partial charge in [-0.3, -0.25) is 9.78 Å². The van der Waals surface area contributed by atoms with Crippen molar-refractivity contribution in [2.75, 3.05) is 12.4 Å². The number of hydrogen-bond acceptors (Lipinski definition) is 4. The third-order valence-corrected chi connectivity index (χ3v) is 3.69. The molecule has 1 aromatic heterocycles. The number of anilines is 1. The van der Waals surface area contributed by atoms with Gasteiger partial charge in [-0.2, -0.15) is 0 Å². The minimum absolute atomic E-state index is 0.0757. The highest BCUT2D eigenvalue weighted by Gasteiger charge is 2.25. The maximum atomic E-state index is 14.2. The van der Waals surface area contributed by atoms with Crippen molar-refractivity contribution in [3.05, 3.63) is 56.2 Å². The summed E-state index contributed by atoms with van der Waals surface area (Å²) >= 11 is 6.12. The molecule has 1 heterocycles. The lowest BCUT2D eigenvalue weighted by atomic mass is 10.0. The average Bonchev–Trinajstić information content (AvgIpc) is 2.46. The fourth-order valence-corrected chi connectivity index (χ4v) is 2.54. The van der Waals surface area contributed by atoms with Gasteiger partial charge in [-0.1, -0.05) is 17.7 Å². The third-order valence-electron chi connectivity index (χ3n) is 3.36. The Kier molecular flexibility index (Phi) is 5.38. The molecule has 1 atom stereocenters. The number of benzene rings is 1. The number of nitrogens with zero attached hydrogens (tertiary/aromatic N) is 1. The molecule has 0 spiro atoms. The highest BCUT2D eigenvalue weighted by molar-refractivity contribution is 6.31. The molecule has 0 saturated heterocycles. The molecule has 0 radical (unpaired) electrons. The monoisotopic (exact) mass is 339 g/mol. The second-order valence-corrected chi connectivity index (χ2v) is 5.88. The first-order chi connectivity index (χ1) is 10.8. The minimum atomic E-state index is -0.876. The van der Waals surface area contributed by atoms with Crippen molar-refractivity contribution in [3.63, 3.8) is 0 Å². The summed E-state index contributed by atoms with van der Waals surface area (Å²) in [5, 5.41) is 3.24. The molecule has 1 unspecified atom stereocenters. The first-order valence-corrected chi connectivity index (χ1v) is 7.57. The molecule has 23 heavy (non-hydrogen) atoms. The van der Waals surface area contributed by atoms with Gasteiger partial charge in [0.05, 0.1) is 5.69 Å². The van der Waals surface area contributed by atoms with Gasteiger partial charge in [-0.25, -0.2) is 9.37 Å². The Morgan fingerprint density at radius 1 is 1.39 bits per heavy atom. The standard InChI is InChI=1S/C16H19ClFN3O2/c1-8(2)19-16-20-13(9(3)15(22)21-16)14(23-4)12-10(17)6-5-7-11(12)18/h5-8,14H,1-4H3,(H2,19,20,21,22). The average molecular weight is 340 g/mol. The molecule has 0 saturated carbocycles. The van der Waals surface area contributed by atoms with Crippen LogP contribution >= 0.6 is 11.6 Å². The Hall–Kier alpha value is -1.92. The van der Waals surface area contributed by atoms with Crippen LogP contribution in [0.25, 0.3) is 0 Å². The summed E-state index contributed by atoms with van der Waals surface area (Å²) in [7, 11) is 1.42. The number of nitrogens with one attached hydrogen (secondary N) is 2. The maximum Gasteiger partial charge on any atom is 0.255 e. The van der Waals surface area contributed by atoms with E-state index in [4.69, 9.17) is 16.3 Å². The van der Waals surface area contributed by atoms with Crippen molar-refractivity contribution in [3.8, 4) is 0 Å². The zero-order valence-electron chi connectivity index (χ0n) is 13.4. The van der Waals surface area contributed by atoms with Gasteiger partial charge in [0.2, 0.25) is 5.95 Å². The van der Waals surface area contributed by atoms with Gasteiger partial charge in [0.1, 0.15) is 11.9 Å². The Morgan fingerprint density at radius 2 is 2.09 bits per heavy atom. The molecule has 2 rings (SSSR count). The summed E-state index contributed by atoms with van der Waals surface area (Å²) in [4.78, 5) is 19.2. The molecule has 0 aliphatic rings. The van der Waals surface area contributed by atoms with Gasteiger partial charge < -0.3 is 10.1 Å². The van der Waals surface area contributed by atoms with Crippen molar-refractivity contribution in [1.82, 2.24) is 9.97 Å². The second kappa shape index (κ2) is 7.10. The molecule has 0 aliphatic heterocycles. The molecule has 0 aliphatic carbocycles. The van der Waals surface area contributed by atoms with Crippen LogP contribution in [0.2, 0.25) is 5.02 Å². The zero-order chi connectivity index (χ0) is 17.1. The smallest absolute Gasteiger partial charge is 0.255 e. The lowest BCUT2D eigenvalue weighted by Crippen LogP contribution is -2.23. The maximum absolute atomic E-state index is 14.2. The number of aromatic nitrogens is 2. The number of hydrogen-bond donors (Lipinski definition) is 2. The van der Waals surface area contributed by atoms with Gasteiger partial charge in [-0.15, -0.1) is 0 Å². The number of H-pyrrole nitrogens is 1. The van der Waals surface area contributed by atoms with Gasteiger partial charge in [0.25, 0.3) is 5.56 Å². The van der Waals surface area contributed by atoms with Gasteiger partial charge >= 0.3 is 0 Å². The van der Waals surface area contributed by atoms with Crippen molar-refractivity contribution in [1.29, 1.82) is 0 Å². The van der Waals surface area contributed by atoms with Crippen molar-refractivity contribution >= 4 is 17.5 Å². The molecule has 0 fully saturated rings. The molecule has 124 valence electrons. The molecule has 5 nitrogen and oxygen atoms in total. The quantitative estimate of drug-likeness (QED) is 0.875. The van der Waals surface area contributed by atoms with Crippen LogP contribution in [0, 0.1) is 12.7 Å². The molecule has 0 bridgehead atoms. The van der Waals surface area contributed by atoms with Crippen LogP contribution in [-0.2, 0) is 4.74 Å². The molecule has 7 heteroatoms. The van der Waals surface area contributed by atoms with Gasteiger partial charge in [-0.05, 0) is 32.9 Å². The van der Waals surface area contributed by atoms with Crippen LogP contribution < -0.4 is 10.9 Å². The summed E-state index contributed by atoms with van der Waals surface area (Å²) in [5.74, 6) is -0.204. The summed E-state index contributed by atoms with van der Waals surface area (Å²) in [6.45, 7) is 5.45. The fourth-order valence-electron chi connectivity index (χ4n) is 2.27. The normalized spacial score (nSPS) is 12.5. The number of methoxy groups -OCH3 is 1. The van der Waals surface area contributed by atoms with Crippen LogP contribution in [0.4, 0.5) is 10.3 Å². The van der Waals surface area contributed by atoms with E-state index in [1.54, 1.807) is 13.0 Å². The molecular weight excluding hydrogens is 321 g/mol. The predicted molar refractivity (Wildman–Crippen MR) is 88.6 cm³/mol. The summed E-state index contributed by atoms with van der Waals surface area (Å²) in [6.07, 6.45) is -0.876. The SMILES string of the molecule is COC(c1nc(NC(C)C)[nH]c(=O)c1C)c1c(F)cccc1Cl. The molecule has 0 amide bonds. The Morgan fingerprint density at radius 3 is 2.65 bits per heavy atom. The van der Waals surface area contributed by atoms with Crippen LogP contribution in [0.1, 0.15) is 36.8 Å². The van der Waals surface area contributed by atoms with E-state index in [9.17, 15) is 9.18 Å². The Balaban J connectivity index is 2.62. The third kappa shape index (κ3) is 3.71. The number of aromatic amines is 1. The summed E-state index contributed by atoms with van der Waals surface area (Å²) < 4.78 is 19.6. The predicted octanol–water partition coefficient (Wildman–Crippen LogP) is 3.43. The highest BCUT2D eigenvalue weighted by Crippen LogP contribution is 2.33. The molecular formula is C16H19ClFN3O2. The van der Waals surface area contributed by atoms with E-state index in [1.807, 2.05) is 13.8 Å². The van der Waals surface area contributed by atoms with E-state index in [0.717, 1.165) is 0 Å². The van der Waals surface area contributed by atoms with Crippen molar-refractivity contribution < 1.29 is 9.13 Å². The Bertz CT molecular complexity index is 741. The van der Waals surface area contributed by atoms with E-state index in [-0.39, 0.29) is 22.2 Å². The minimum Gasteiger partial charge on any atom is -0.370 e. The molecule has 2 aromatic rings. The van der Waals surface area contributed by atoms with E-state index in [1.165, 1.54) is 19.2 Å². The van der Waals surface area contributed by atoms with Crippen molar-refractivity contribution in [2.24, 2.45) is 0 Å². The topological polar surface area (TPSA) is 67.0 Å². The molecule has 1 aromatic carbocycles. The fraction of sp³-hybridized carbons (Fsp3) is 0.375. The van der Waals surface area contributed by atoms with Crippen LogP contribution in [-0.4, -0.2) is 23.1 Å². The van der Waals surface area contributed by atoms with E-state index in [0.29, 0.717) is 17.2 Å². The summed E-state index contributed by atoms with van der Waals surface area (Å²) in [5.41, 5.74) is 0.526. The van der Waals surface area contributed by atoms with E-state index < -0.39 is 11.9 Å². The van der Waals surface area contributed by atoms with E-state index in [2.05, 4.69) is 15.3 Å². The second-order valence-electron chi connectivity index (χ2n) is 5.47. The largest absolute Gasteiger partial charge is 0.370 e. The van der Waals surface area contributed by atoms with Crippen LogP contribution in [0.5, 0.6) is 0 Å². The first-order valence-electron chi connectivity index (χ1n) is 7.19. The summed E-state index contributed by atoms with van der Waals surface area (Å²) in [6, 6.07) is 4.45. The zero-order valence-corrected chi connectivity index (χ0v) is 14.2. The number of ether oxygens (including phenoxy) is 1. The lowest BCUT2D eigenvalue weighted by Gasteiger charge is -2.20. The lowest BCUT2D eigenvalue weighted by molar-refractivity contribution is 0.129. The number of halogens is 2. The van der Waals surface area contributed by atoms with Crippen LogP contribution in [0.15, 0.2) is 23.0 Å². The van der Waals surface area contributed by atoms with Gasteiger partial charge in [0, 0.05) is 29.3 Å². The van der Waals surface area contributed by atoms with Crippen LogP contribution in [0.3, 0.4) is 0 Å². The van der Waals surface area contributed by atoms with E-state index >= 15 is 0 Å². The first kappa shape index (κ1) is 17.4. The van der Waals surface area contributed by atoms with Crippen molar-refractivity contribution in [2.45, 2.75) is 32.9 Å². The Labute approximate surface area is 138 Å².